The molecule has 0 bridgehead atoms. The van der Waals surface area contributed by atoms with Crippen LogP contribution in [0, 0.1) is 23.6 Å². The number of allylic oxidation sites excluding steroid dienone is 1. The number of rotatable bonds is 6. The molecule has 1 aromatic rings. The topological polar surface area (TPSA) is 181 Å². The van der Waals surface area contributed by atoms with Gasteiger partial charge in [0.25, 0.3) is 5.91 Å². The van der Waals surface area contributed by atoms with E-state index in [0.29, 0.717) is 57.1 Å². The average molecular weight is 834 g/mol. The Kier molecular flexibility index (Phi) is 11.2. The minimum absolute atomic E-state index is 0. The van der Waals surface area contributed by atoms with Gasteiger partial charge in [0, 0.05) is 28.7 Å². The zero-order valence-corrected chi connectivity index (χ0v) is 33.2. The zero-order chi connectivity index (χ0) is 41.9. The molecule has 0 unspecified atom stereocenters. The molecule has 0 aromatic heterocycles. The van der Waals surface area contributed by atoms with Crippen LogP contribution in [0.4, 0.5) is 27.2 Å². The van der Waals surface area contributed by atoms with E-state index in [1.54, 1.807) is 19.1 Å². The number of amides is 5. The summed E-state index contributed by atoms with van der Waals surface area (Å²) in [6.45, 7) is 5.90. The molecular weight excluding hydrogens is 779 g/mol. The summed E-state index contributed by atoms with van der Waals surface area (Å²) in [6, 6.07) is 1.48. The number of carbonyl (C=O) groups excluding carboxylic acids is 5. The maximum Gasteiger partial charge on any atom is 0.427 e. The molecule has 0 spiro atoms. The number of benzene rings is 1. The summed E-state index contributed by atoms with van der Waals surface area (Å²) in [5.41, 5.74) is -3.73. The number of ether oxygens (including phenoxy) is 2. The predicted molar refractivity (Wildman–Crippen MR) is 201 cm³/mol. The normalized spacial score (nSPS) is 30.7. The fraction of sp³-hybridized carbons (Fsp3) is 0.658. The zero-order valence-electron chi connectivity index (χ0n) is 32.4. The van der Waals surface area contributed by atoms with Gasteiger partial charge < -0.3 is 25.0 Å². The lowest BCUT2D eigenvalue weighted by Crippen LogP contribution is -2.59. The highest BCUT2D eigenvalue weighted by molar-refractivity contribution is 7.91. The van der Waals surface area contributed by atoms with Crippen molar-refractivity contribution in [1.29, 1.82) is 0 Å². The van der Waals surface area contributed by atoms with Gasteiger partial charge in [0.2, 0.25) is 27.4 Å². The first-order chi connectivity index (χ1) is 26.5. The first kappa shape index (κ1) is 42.2. The summed E-state index contributed by atoms with van der Waals surface area (Å²) in [6.07, 6.45) is -3.05. The predicted octanol–water partition coefficient (Wildman–Crippen LogP) is 5.31. The Hall–Kier alpha value is -4.42. The van der Waals surface area contributed by atoms with Crippen LogP contribution in [0.1, 0.15) is 95.0 Å². The Bertz CT molecular complexity index is 1970. The first-order valence-corrected chi connectivity index (χ1v) is 20.6. The number of alkyl carbamates (subject to hydrolysis) is 1. The molecule has 57 heavy (non-hydrogen) atoms. The SMILES string of the molecule is C[C@@H]1CC/C=C\[C@@H]2C[C@@]2(C(=O)NS(=O)(=O)C2(C)CC2)NC(=O)[C@@H]2C[C@@H](OC(=O)N3Cc4cccc(F)c4C3)CN2C(=O)[C@@H](NC(=O)OC(C)(C)C(F)(F)F)[C@H](C)C1.[HH].[HH].[HH]. The summed E-state index contributed by atoms with van der Waals surface area (Å²) < 4.78 is 93.3. The van der Waals surface area contributed by atoms with Gasteiger partial charge >= 0.3 is 18.4 Å². The van der Waals surface area contributed by atoms with Crippen LogP contribution in [0.2, 0.25) is 0 Å². The van der Waals surface area contributed by atoms with E-state index in [0.717, 1.165) is 4.90 Å². The molecular formula is C38H55F4N5O9S. The number of fused-ring (bicyclic) bond motifs is 3. The van der Waals surface area contributed by atoms with E-state index in [4.69, 9.17) is 9.47 Å². The third-order valence-corrected chi connectivity index (χ3v) is 14.2. The number of nitrogens with zero attached hydrogens (tertiary/aromatic N) is 2. The molecule has 5 amide bonds. The highest BCUT2D eigenvalue weighted by atomic mass is 32.2. The number of nitrogens with one attached hydrogen (secondary N) is 3. The van der Waals surface area contributed by atoms with Gasteiger partial charge in [0.1, 0.15) is 29.5 Å². The Balaban J connectivity index is 0.00000320. The van der Waals surface area contributed by atoms with E-state index < -0.39 is 104 Å². The lowest BCUT2D eigenvalue weighted by Gasteiger charge is -2.34. The van der Waals surface area contributed by atoms with E-state index in [1.807, 2.05) is 13.0 Å². The summed E-state index contributed by atoms with van der Waals surface area (Å²) in [5.74, 6) is -4.58. The van der Waals surface area contributed by atoms with Crippen LogP contribution in [0.3, 0.4) is 0 Å². The lowest BCUT2D eigenvalue weighted by molar-refractivity contribution is -0.244. The number of hydrogen-bond donors (Lipinski definition) is 3. The van der Waals surface area contributed by atoms with Crippen LogP contribution in [0.25, 0.3) is 0 Å². The van der Waals surface area contributed by atoms with Gasteiger partial charge in [0.05, 0.1) is 17.8 Å². The molecule has 2 saturated carbocycles. The van der Waals surface area contributed by atoms with Crippen molar-refractivity contribution in [3.05, 3.63) is 47.3 Å². The Morgan fingerprint density at radius 2 is 1.77 bits per heavy atom. The van der Waals surface area contributed by atoms with Crippen LogP contribution in [-0.2, 0) is 47.0 Å². The van der Waals surface area contributed by atoms with Crippen molar-refractivity contribution < 1.29 is 63.7 Å². The number of carbonyl (C=O) groups is 5. The van der Waals surface area contributed by atoms with Crippen LogP contribution >= 0.6 is 0 Å². The van der Waals surface area contributed by atoms with Crippen molar-refractivity contribution in [2.45, 2.75) is 133 Å². The van der Waals surface area contributed by atoms with Gasteiger partial charge in [-0.05, 0) is 82.8 Å². The molecule has 6 rings (SSSR count). The van der Waals surface area contributed by atoms with Crippen LogP contribution < -0.4 is 15.4 Å². The first-order valence-electron chi connectivity index (χ1n) is 19.1. The molecule has 1 aromatic carbocycles. The molecule has 19 heteroatoms. The Morgan fingerprint density at radius 1 is 1.07 bits per heavy atom. The van der Waals surface area contributed by atoms with Crippen molar-refractivity contribution in [1.82, 2.24) is 25.2 Å². The van der Waals surface area contributed by atoms with Crippen molar-refractivity contribution in [2.75, 3.05) is 6.54 Å². The summed E-state index contributed by atoms with van der Waals surface area (Å²) in [7, 11) is -4.11. The fourth-order valence-corrected chi connectivity index (χ4v) is 9.08. The molecule has 3 heterocycles. The maximum absolute atomic E-state index is 14.6. The number of hydrogen-bond acceptors (Lipinski definition) is 9. The van der Waals surface area contributed by atoms with Crippen LogP contribution in [-0.4, -0.2) is 94.9 Å². The van der Waals surface area contributed by atoms with Crippen molar-refractivity contribution in [3.8, 4) is 0 Å². The molecule has 0 radical (unpaired) electrons. The van der Waals surface area contributed by atoms with Gasteiger partial charge in [-0.2, -0.15) is 13.2 Å². The highest BCUT2D eigenvalue weighted by Gasteiger charge is 2.63. The molecule has 5 aliphatic rings. The molecule has 320 valence electrons. The second-order valence-electron chi connectivity index (χ2n) is 17.0. The van der Waals surface area contributed by atoms with Crippen LogP contribution in [0.5, 0.6) is 0 Å². The Morgan fingerprint density at radius 3 is 2.42 bits per heavy atom. The molecule has 1 saturated heterocycles. The largest absolute Gasteiger partial charge is 0.444 e. The summed E-state index contributed by atoms with van der Waals surface area (Å²) in [5, 5.41) is 5.01. The minimum Gasteiger partial charge on any atom is -0.444 e. The third kappa shape index (κ3) is 8.58. The van der Waals surface area contributed by atoms with E-state index in [-0.39, 0.29) is 36.1 Å². The monoisotopic (exact) mass is 833 g/mol. The molecule has 3 aliphatic heterocycles. The van der Waals surface area contributed by atoms with Gasteiger partial charge in [0.15, 0.2) is 0 Å². The minimum atomic E-state index is -4.94. The molecule has 7 atom stereocenters. The number of sulfonamides is 1. The quantitative estimate of drug-likeness (QED) is 0.253. The molecule has 2 aliphatic carbocycles. The average Bonchev–Trinajstić information content (AvgIpc) is 3.90. The van der Waals surface area contributed by atoms with Crippen molar-refractivity contribution in [3.63, 3.8) is 0 Å². The van der Waals surface area contributed by atoms with E-state index in [1.165, 1.54) is 24.0 Å². The van der Waals surface area contributed by atoms with Gasteiger partial charge in [-0.25, -0.2) is 22.4 Å². The van der Waals surface area contributed by atoms with Gasteiger partial charge in [-0.15, -0.1) is 0 Å². The van der Waals surface area contributed by atoms with E-state index >= 15 is 0 Å². The second kappa shape index (κ2) is 15.1. The third-order valence-electron chi connectivity index (χ3n) is 12.0. The summed E-state index contributed by atoms with van der Waals surface area (Å²) >= 11 is 0. The van der Waals surface area contributed by atoms with Crippen molar-refractivity contribution >= 4 is 39.9 Å². The summed E-state index contributed by atoms with van der Waals surface area (Å²) in [4.78, 5) is 71.5. The smallest absolute Gasteiger partial charge is 0.427 e. The maximum atomic E-state index is 14.6. The Labute approximate surface area is 332 Å². The molecule has 14 nitrogen and oxygen atoms in total. The fourth-order valence-electron chi connectivity index (χ4n) is 7.77. The van der Waals surface area contributed by atoms with Crippen molar-refractivity contribution in [2.24, 2.45) is 17.8 Å². The molecule has 3 fully saturated rings. The van der Waals surface area contributed by atoms with Gasteiger partial charge in [-0.3, -0.25) is 24.0 Å². The number of alkyl halides is 3. The lowest BCUT2D eigenvalue weighted by atomic mass is 9.88. The van der Waals surface area contributed by atoms with E-state index in [2.05, 4.69) is 15.4 Å². The second-order valence-corrected chi connectivity index (χ2v) is 19.2. The van der Waals surface area contributed by atoms with Gasteiger partial charge in [-0.1, -0.05) is 38.1 Å². The van der Waals surface area contributed by atoms with Crippen LogP contribution in [0.15, 0.2) is 30.4 Å². The molecule has 3 N–H and O–H groups in total. The number of halogens is 4. The highest BCUT2D eigenvalue weighted by Crippen LogP contribution is 2.47. The van der Waals surface area contributed by atoms with E-state index in [9.17, 15) is 50.0 Å². The standard InChI is InChI=1S/C38H49F4N5O9S.3H2/c1-21-9-6-7-11-24-17-37(24,32(50)45-57(53,54)36(5)13-14-36)44-30(48)28-16-25(55-34(52)46-18-23-10-8-12-27(39)26(23)20-46)19-47(28)31(49)29(22(2)15-21)43-33(51)56-35(3,4)38(40,41)42;;;/h7-8,10-12,21-22,24-25,28-29H,6,9,13-20H2,1-5H3,(H,43,51)(H,44,48)(H,45,50);3*1H/b11-7-;;;/t21-,22-,24-,25-,28+,29+,37-;;;/m1.../s1.